The van der Waals surface area contributed by atoms with E-state index in [-0.39, 0.29) is 10.9 Å². The second-order valence-electron chi connectivity index (χ2n) is 5.50. The van der Waals surface area contributed by atoms with Gasteiger partial charge in [-0.15, -0.1) is 0 Å². The number of aldehydes is 1. The van der Waals surface area contributed by atoms with Gasteiger partial charge >= 0.3 is 0 Å². The van der Waals surface area contributed by atoms with Crippen LogP contribution in [0.1, 0.15) is 29.3 Å². The van der Waals surface area contributed by atoms with E-state index in [1.807, 2.05) is 31.2 Å². The largest absolute Gasteiger partial charge is 0.298 e. The Morgan fingerprint density at radius 3 is 2.45 bits per heavy atom. The number of sulfonamides is 1. The molecule has 22 heavy (non-hydrogen) atoms. The Labute approximate surface area is 130 Å². The Kier molecular flexibility index (Phi) is 3.74. The third-order valence-corrected chi connectivity index (χ3v) is 5.98. The van der Waals surface area contributed by atoms with Crippen LogP contribution in [0.2, 0.25) is 0 Å². The molecule has 0 amide bonds. The van der Waals surface area contributed by atoms with E-state index >= 15 is 0 Å². The first-order valence-electron chi connectivity index (χ1n) is 7.21. The van der Waals surface area contributed by atoms with E-state index in [1.54, 1.807) is 0 Å². The van der Waals surface area contributed by atoms with Gasteiger partial charge in [0.15, 0.2) is 0 Å². The maximum Gasteiger partial charge on any atom is 0.264 e. The van der Waals surface area contributed by atoms with Gasteiger partial charge in [0.25, 0.3) is 10.0 Å². The van der Waals surface area contributed by atoms with Gasteiger partial charge in [0.2, 0.25) is 0 Å². The number of anilines is 1. The first-order chi connectivity index (χ1) is 10.5. The summed E-state index contributed by atoms with van der Waals surface area (Å²) in [4.78, 5) is 10.9. The smallest absolute Gasteiger partial charge is 0.264 e. The monoisotopic (exact) mass is 315 g/mol. The minimum absolute atomic E-state index is 0.0920. The van der Waals surface area contributed by atoms with Gasteiger partial charge in [-0.2, -0.15) is 0 Å². The van der Waals surface area contributed by atoms with Crippen molar-refractivity contribution in [3.05, 3.63) is 59.7 Å². The maximum absolute atomic E-state index is 13.0. The number of fused-ring (bicyclic) bond motifs is 1. The summed E-state index contributed by atoms with van der Waals surface area (Å²) < 4.78 is 27.5. The van der Waals surface area contributed by atoms with Gasteiger partial charge < -0.3 is 0 Å². The van der Waals surface area contributed by atoms with Gasteiger partial charge in [0, 0.05) is 11.6 Å². The fourth-order valence-electron chi connectivity index (χ4n) is 2.85. The van der Waals surface area contributed by atoms with E-state index in [9.17, 15) is 13.2 Å². The molecular formula is C17H17NO3S. The van der Waals surface area contributed by atoms with E-state index in [0.29, 0.717) is 11.8 Å². The molecule has 0 aliphatic carbocycles. The summed E-state index contributed by atoms with van der Waals surface area (Å²) in [5, 5.41) is 0. The molecule has 0 aromatic heterocycles. The van der Waals surface area contributed by atoms with Gasteiger partial charge in [-0.1, -0.05) is 30.3 Å². The normalized spacial score (nSPS) is 17.9. The summed E-state index contributed by atoms with van der Waals surface area (Å²) in [6, 6.07) is 13.5. The number of hydrogen-bond acceptors (Lipinski definition) is 3. The van der Waals surface area contributed by atoms with Crippen molar-refractivity contribution in [3.63, 3.8) is 0 Å². The standard InChI is InChI=1S/C17H17NO3S/c1-13-6-9-15-4-2-3-5-17(15)18(13)22(20,21)16-10-7-14(12-19)8-11-16/h2-5,7-8,10-13H,6,9H2,1H3/t13-/m1/s1. The van der Waals surface area contributed by atoms with Gasteiger partial charge in [-0.3, -0.25) is 9.10 Å². The van der Waals surface area contributed by atoms with Gasteiger partial charge in [0.1, 0.15) is 6.29 Å². The van der Waals surface area contributed by atoms with Crippen molar-refractivity contribution in [1.82, 2.24) is 0 Å². The summed E-state index contributed by atoms with van der Waals surface area (Å²) in [5.74, 6) is 0. The zero-order chi connectivity index (χ0) is 15.7. The summed E-state index contributed by atoms with van der Waals surface area (Å²) >= 11 is 0. The van der Waals surface area contributed by atoms with Gasteiger partial charge in [0.05, 0.1) is 10.6 Å². The van der Waals surface area contributed by atoms with E-state index in [1.165, 1.54) is 28.6 Å². The van der Waals surface area contributed by atoms with E-state index < -0.39 is 10.0 Å². The van der Waals surface area contributed by atoms with Crippen LogP contribution < -0.4 is 4.31 Å². The minimum Gasteiger partial charge on any atom is -0.298 e. The summed E-state index contributed by atoms with van der Waals surface area (Å²) in [5.41, 5.74) is 2.26. The topological polar surface area (TPSA) is 54.5 Å². The third kappa shape index (κ3) is 2.41. The quantitative estimate of drug-likeness (QED) is 0.818. The fraction of sp³-hybridized carbons (Fsp3) is 0.235. The molecule has 0 saturated heterocycles. The summed E-state index contributed by atoms with van der Waals surface area (Å²) in [7, 11) is -3.63. The average molecular weight is 315 g/mol. The molecule has 4 nitrogen and oxygen atoms in total. The second-order valence-corrected chi connectivity index (χ2v) is 7.32. The number of rotatable bonds is 3. The fourth-order valence-corrected chi connectivity index (χ4v) is 4.58. The zero-order valence-corrected chi connectivity index (χ0v) is 13.1. The minimum atomic E-state index is -3.63. The molecule has 0 bridgehead atoms. The van der Waals surface area contributed by atoms with Gasteiger partial charge in [-0.05, 0) is 43.5 Å². The van der Waals surface area contributed by atoms with Gasteiger partial charge in [-0.25, -0.2) is 8.42 Å². The highest BCUT2D eigenvalue weighted by atomic mass is 32.2. The number of benzene rings is 2. The Morgan fingerprint density at radius 1 is 1.09 bits per heavy atom. The highest BCUT2D eigenvalue weighted by Crippen LogP contribution is 2.35. The molecule has 1 heterocycles. The Balaban J connectivity index is 2.09. The molecule has 3 rings (SSSR count). The van der Waals surface area contributed by atoms with Crippen molar-refractivity contribution in [1.29, 1.82) is 0 Å². The molecule has 0 radical (unpaired) electrons. The molecule has 2 aromatic carbocycles. The Bertz CT molecular complexity index is 797. The molecular weight excluding hydrogens is 298 g/mol. The van der Waals surface area contributed by atoms with E-state index in [0.717, 1.165) is 24.1 Å². The molecule has 114 valence electrons. The lowest BCUT2D eigenvalue weighted by atomic mass is 9.99. The second kappa shape index (κ2) is 5.57. The average Bonchev–Trinajstić information content (AvgIpc) is 2.54. The van der Waals surface area contributed by atoms with Crippen LogP contribution >= 0.6 is 0 Å². The number of aryl methyl sites for hydroxylation is 1. The van der Waals surface area contributed by atoms with Crippen molar-refractivity contribution in [3.8, 4) is 0 Å². The Morgan fingerprint density at radius 2 is 1.77 bits per heavy atom. The van der Waals surface area contributed by atoms with E-state index in [4.69, 9.17) is 0 Å². The molecule has 0 N–H and O–H groups in total. The van der Waals surface area contributed by atoms with Crippen molar-refractivity contribution in [2.24, 2.45) is 0 Å². The first kappa shape index (κ1) is 14.8. The lowest BCUT2D eigenvalue weighted by molar-refractivity contribution is 0.112. The molecule has 5 heteroatoms. The molecule has 1 aliphatic heterocycles. The van der Waals surface area contributed by atoms with Crippen molar-refractivity contribution in [2.75, 3.05) is 4.31 Å². The van der Waals surface area contributed by atoms with Crippen molar-refractivity contribution >= 4 is 22.0 Å². The number of nitrogens with zero attached hydrogens (tertiary/aromatic N) is 1. The van der Waals surface area contributed by atoms with Crippen LogP contribution in [0.15, 0.2) is 53.4 Å². The molecule has 0 saturated carbocycles. The molecule has 1 aliphatic rings. The summed E-state index contributed by atoms with van der Waals surface area (Å²) in [6.07, 6.45) is 2.38. The Hall–Kier alpha value is -2.14. The number of hydrogen-bond donors (Lipinski definition) is 0. The van der Waals surface area contributed by atoms with Crippen LogP contribution in [0.25, 0.3) is 0 Å². The lowest BCUT2D eigenvalue weighted by Crippen LogP contribution is -2.42. The van der Waals surface area contributed by atoms with Crippen molar-refractivity contribution in [2.45, 2.75) is 30.7 Å². The van der Waals surface area contributed by atoms with Crippen LogP contribution in [0.3, 0.4) is 0 Å². The highest BCUT2D eigenvalue weighted by Gasteiger charge is 2.33. The predicted molar refractivity (Wildman–Crippen MR) is 85.7 cm³/mol. The lowest BCUT2D eigenvalue weighted by Gasteiger charge is -2.36. The van der Waals surface area contributed by atoms with E-state index in [2.05, 4.69) is 0 Å². The van der Waals surface area contributed by atoms with Crippen LogP contribution in [0.5, 0.6) is 0 Å². The molecule has 0 unspecified atom stereocenters. The molecule has 0 fully saturated rings. The predicted octanol–water partition coefficient (Wildman–Crippen LogP) is 3.03. The van der Waals surface area contributed by atoms with Crippen LogP contribution in [-0.4, -0.2) is 20.7 Å². The number of para-hydroxylation sites is 1. The highest BCUT2D eigenvalue weighted by molar-refractivity contribution is 7.92. The van der Waals surface area contributed by atoms with Crippen molar-refractivity contribution < 1.29 is 13.2 Å². The van der Waals surface area contributed by atoms with Crippen LogP contribution in [0.4, 0.5) is 5.69 Å². The summed E-state index contributed by atoms with van der Waals surface area (Å²) in [6.45, 7) is 1.92. The molecule has 0 spiro atoms. The number of carbonyl (C=O) groups excluding carboxylic acids is 1. The molecule has 2 aromatic rings. The first-order valence-corrected chi connectivity index (χ1v) is 8.65. The third-order valence-electron chi connectivity index (χ3n) is 4.03. The zero-order valence-electron chi connectivity index (χ0n) is 12.3. The van der Waals surface area contributed by atoms with Crippen LogP contribution in [0, 0.1) is 0 Å². The maximum atomic E-state index is 13.0. The molecule has 1 atom stereocenters. The van der Waals surface area contributed by atoms with Crippen LogP contribution in [-0.2, 0) is 16.4 Å². The number of carbonyl (C=O) groups is 1. The SMILES string of the molecule is C[C@@H]1CCc2ccccc2N1S(=O)(=O)c1ccc(C=O)cc1.